The highest BCUT2D eigenvalue weighted by atomic mass is 35.5. The lowest BCUT2D eigenvalue weighted by Gasteiger charge is -2.13. The molecule has 8 heteroatoms. The van der Waals surface area contributed by atoms with Crippen molar-refractivity contribution >= 4 is 40.8 Å². The minimum absolute atomic E-state index is 0.187. The molecule has 2 aromatic carbocycles. The third-order valence-electron chi connectivity index (χ3n) is 5.39. The first-order chi connectivity index (χ1) is 13.9. The Kier molecular flexibility index (Phi) is 6.47. The van der Waals surface area contributed by atoms with Crippen molar-refractivity contribution in [3.8, 4) is 11.1 Å². The van der Waals surface area contributed by atoms with Crippen LogP contribution in [0.2, 0.25) is 10.0 Å². The van der Waals surface area contributed by atoms with Crippen molar-refractivity contribution in [3.63, 3.8) is 0 Å². The lowest BCUT2D eigenvalue weighted by molar-refractivity contribution is -0.147. The molecule has 2 unspecified atom stereocenters. The van der Waals surface area contributed by atoms with Crippen LogP contribution in [0.25, 0.3) is 11.1 Å². The quantitative estimate of drug-likeness (QED) is 0.413. The van der Waals surface area contributed by atoms with Gasteiger partial charge in [0.2, 0.25) is 0 Å². The molecular weight excluding hydrogens is 460 g/mol. The Bertz CT molecular complexity index is 985. The summed E-state index contributed by atoms with van der Waals surface area (Å²) in [4.78, 5) is 12.6. The van der Waals surface area contributed by atoms with Gasteiger partial charge in [0.15, 0.2) is 0 Å². The number of hydrogen-bond donors (Lipinski definition) is 0. The van der Waals surface area contributed by atoms with Crippen LogP contribution in [0.5, 0.6) is 0 Å². The summed E-state index contributed by atoms with van der Waals surface area (Å²) in [5.41, 5.74) is 1.35. The van der Waals surface area contributed by atoms with E-state index in [4.69, 9.17) is 39.5 Å². The number of carbonyl (C=O) groups is 1. The zero-order valence-corrected chi connectivity index (χ0v) is 18.3. The van der Waals surface area contributed by atoms with Gasteiger partial charge in [-0.25, -0.2) is 0 Å². The monoisotopic (exact) mass is 476 g/mol. The highest BCUT2D eigenvalue weighted by Crippen LogP contribution is 2.60. The molecule has 0 radical (unpaired) electrons. The van der Waals surface area contributed by atoms with Crippen LogP contribution in [0.3, 0.4) is 0 Å². The molecule has 3 rings (SSSR count). The largest absolute Gasteiger partial charge is 0.460 e. The van der Waals surface area contributed by atoms with Crippen LogP contribution in [-0.2, 0) is 16.1 Å². The summed E-state index contributed by atoms with van der Waals surface area (Å²) in [5, 5.41) is -0.551. The predicted molar refractivity (Wildman–Crippen MR) is 112 cm³/mol. The van der Waals surface area contributed by atoms with Crippen LogP contribution in [0.1, 0.15) is 19.4 Å². The second-order valence-corrected chi connectivity index (χ2v) is 8.89. The van der Waals surface area contributed by atoms with Crippen LogP contribution < -0.4 is 0 Å². The van der Waals surface area contributed by atoms with E-state index in [2.05, 4.69) is 0 Å². The van der Waals surface area contributed by atoms with E-state index in [0.717, 1.165) is 17.2 Å². The van der Waals surface area contributed by atoms with Crippen LogP contribution in [0, 0.1) is 17.3 Å². The Labute approximate surface area is 187 Å². The van der Waals surface area contributed by atoms with Crippen LogP contribution in [0.15, 0.2) is 53.6 Å². The van der Waals surface area contributed by atoms with Gasteiger partial charge in [0.1, 0.15) is 11.6 Å². The van der Waals surface area contributed by atoms with Gasteiger partial charge < -0.3 is 4.74 Å². The number of benzene rings is 2. The maximum atomic E-state index is 12.7. The van der Waals surface area contributed by atoms with E-state index in [1.54, 1.807) is 26.0 Å². The number of carbonyl (C=O) groups excluding carboxylic acids is 1. The SMILES string of the molecule is CC1(C)C(C=C(Cl)C(F)(F)F)C1C(=O)OCc1c(Cl)ccc(-c2ccccc2)c1Cl. The summed E-state index contributed by atoms with van der Waals surface area (Å²) in [6.07, 6.45) is -3.77. The molecule has 0 N–H and O–H groups in total. The molecule has 2 atom stereocenters. The van der Waals surface area contributed by atoms with Crippen molar-refractivity contribution in [1.29, 1.82) is 0 Å². The van der Waals surface area contributed by atoms with E-state index in [1.165, 1.54) is 0 Å². The highest BCUT2D eigenvalue weighted by molar-refractivity contribution is 6.37. The fourth-order valence-electron chi connectivity index (χ4n) is 3.49. The van der Waals surface area contributed by atoms with Crippen molar-refractivity contribution < 1.29 is 22.7 Å². The summed E-state index contributed by atoms with van der Waals surface area (Å²) < 4.78 is 43.5. The number of esters is 1. The van der Waals surface area contributed by atoms with Gasteiger partial charge in [-0.1, -0.05) is 91.1 Å². The average molecular weight is 478 g/mol. The number of halogens is 6. The van der Waals surface area contributed by atoms with E-state index in [1.807, 2.05) is 30.3 Å². The molecular formula is C22H18Cl3F3O2. The molecule has 0 aromatic heterocycles. The van der Waals surface area contributed by atoms with Crippen LogP contribution >= 0.6 is 34.8 Å². The molecule has 30 heavy (non-hydrogen) atoms. The summed E-state index contributed by atoms with van der Waals surface area (Å²) in [7, 11) is 0. The molecule has 1 saturated carbocycles. The minimum Gasteiger partial charge on any atom is -0.460 e. The van der Waals surface area contributed by atoms with Crippen molar-refractivity contribution in [2.45, 2.75) is 26.6 Å². The summed E-state index contributed by atoms with van der Waals surface area (Å²) in [5.74, 6) is -2.02. The van der Waals surface area contributed by atoms with Gasteiger partial charge in [-0.3, -0.25) is 4.79 Å². The lowest BCUT2D eigenvalue weighted by atomic mass is 10.0. The molecule has 0 heterocycles. The number of hydrogen-bond acceptors (Lipinski definition) is 2. The molecule has 0 amide bonds. The van der Waals surface area contributed by atoms with Crippen molar-refractivity contribution in [2.24, 2.45) is 17.3 Å². The zero-order valence-electron chi connectivity index (χ0n) is 16.1. The molecule has 1 fully saturated rings. The molecule has 0 saturated heterocycles. The number of alkyl halides is 3. The average Bonchev–Trinajstić information content (AvgIpc) is 3.21. The minimum atomic E-state index is -4.65. The molecule has 1 aliphatic rings. The number of rotatable bonds is 5. The third-order valence-corrected chi connectivity index (χ3v) is 6.52. The standard InChI is InChI=1S/C22H18Cl3F3O2/c1-21(2)15(10-17(24)22(26,27)28)18(21)20(29)30-11-14-16(23)9-8-13(19(14)25)12-6-4-3-5-7-12/h3-10,15,18H,11H2,1-2H3. The Balaban J connectivity index is 1.76. The second-order valence-electron chi connectivity index (χ2n) is 7.70. The Morgan fingerprint density at radius 2 is 1.77 bits per heavy atom. The first kappa shape index (κ1) is 23.0. The fraction of sp³-hybridized carbons (Fsp3) is 0.318. The number of allylic oxidation sites excluding steroid dienone is 2. The van der Waals surface area contributed by atoms with Gasteiger partial charge in [0.25, 0.3) is 0 Å². The second kappa shape index (κ2) is 8.45. The summed E-state index contributed by atoms with van der Waals surface area (Å²) in [6.45, 7) is 3.19. The number of ether oxygens (including phenoxy) is 1. The summed E-state index contributed by atoms with van der Waals surface area (Å²) in [6, 6.07) is 12.8. The Morgan fingerprint density at radius 3 is 2.37 bits per heavy atom. The maximum Gasteiger partial charge on any atom is 0.426 e. The predicted octanol–water partition coefficient (Wildman–Crippen LogP) is 7.66. The summed E-state index contributed by atoms with van der Waals surface area (Å²) >= 11 is 18.1. The van der Waals surface area contributed by atoms with Gasteiger partial charge in [0.05, 0.1) is 10.9 Å². The van der Waals surface area contributed by atoms with Gasteiger partial charge in [0, 0.05) is 16.1 Å². The van der Waals surface area contributed by atoms with Gasteiger partial charge in [-0.15, -0.1) is 0 Å². The first-order valence-electron chi connectivity index (χ1n) is 9.08. The van der Waals surface area contributed by atoms with Crippen LogP contribution in [-0.4, -0.2) is 12.1 Å². The molecule has 0 aliphatic heterocycles. The Hall–Kier alpha value is -1.69. The smallest absolute Gasteiger partial charge is 0.426 e. The molecule has 0 spiro atoms. The van der Waals surface area contributed by atoms with Gasteiger partial charge >= 0.3 is 12.1 Å². The molecule has 160 valence electrons. The third kappa shape index (κ3) is 4.63. The first-order valence-corrected chi connectivity index (χ1v) is 10.2. The molecule has 1 aliphatic carbocycles. The van der Waals surface area contributed by atoms with Crippen molar-refractivity contribution in [1.82, 2.24) is 0 Å². The van der Waals surface area contributed by atoms with E-state index in [-0.39, 0.29) is 6.61 Å². The van der Waals surface area contributed by atoms with E-state index < -0.39 is 34.4 Å². The zero-order chi connectivity index (χ0) is 22.3. The van der Waals surface area contributed by atoms with Crippen molar-refractivity contribution in [3.05, 3.63) is 69.2 Å². The molecule has 2 nitrogen and oxygen atoms in total. The molecule has 0 bridgehead atoms. The van der Waals surface area contributed by atoms with E-state index >= 15 is 0 Å². The normalized spacial score (nSPS) is 20.7. The molecule has 2 aromatic rings. The van der Waals surface area contributed by atoms with Crippen molar-refractivity contribution in [2.75, 3.05) is 0 Å². The lowest BCUT2D eigenvalue weighted by Crippen LogP contribution is -2.11. The maximum absolute atomic E-state index is 12.7. The van der Waals surface area contributed by atoms with E-state index in [9.17, 15) is 18.0 Å². The van der Waals surface area contributed by atoms with E-state index in [0.29, 0.717) is 15.6 Å². The van der Waals surface area contributed by atoms with Gasteiger partial charge in [-0.2, -0.15) is 13.2 Å². The van der Waals surface area contributed by atoms with Gasteiger partial charge in [-0.05, 0) is 23.0 Å². The highest BCUT2D eigenvalue weighted by Gasteiger charge is 2.62. The Morgan fingerprint density at radius 1 is 1.13 bits per heavy atom. The fourth-order valence-corrected chi connectivity index (χ4v) is 4.22. The van der Waals surface area contributed by atoms with Crippen LogP contribution in [0.4, 0.5) is 13.2 Å². The topological polar surface area (TPSA) is 26.3 Å².